The predicted octanol–water partition coefficient (Wildman–Crippen LogP) is 2.67. The van der Waals surface area contributed by atoms with Crippen molar-refractivity contribution in [2.75, 3.05) is 19.7 Å². The number of hydrogen-bond acceptors (Lipinski definition) is 4. The molecule has 0 N–H and O–H groups in total. The first-order valence-electron chi connectivity index (χ1n) is 9.69. The first kappa shape index (κ1) is 16.7. The molecule has 1 spiro atoms. The number of piperidine rings is 1. The van der Waals surface area contributed by atoms with Gasteiger partial charge in [0.1, 0.15) is 5.60 Å². The zero-order valence-electron chi connectivity index (χ0n) is 15.7. The number of benzene rings is 1. The molecule has 3 aromatic rings. The maximum Gasteiger partial charge on any atom is 0.115 e. The molecule has 1 saturated heterocycles. The van der Waals surface area contributed by atoms with E-state index in [1.54, 1.807) is 0 Å². The van der Waals surface area contributed by atoms with E-state index in [1.807, 2.05) is 23.3 Å². The van der Waals surface area contributed by atoms with Crippen LogP contribution in [-0.2, 0) is 30.4 Å². The number of hydrogen-bond donors (Lipinski definition) is 0. The predicted molar refractivity (Wildman–Crippen MR) is 103 cm³/mol. The van der Waals surface area contributed by atoms with Gasteiger partial charge in [-0.3, -0.25) is 4.90 Å². The van der Waals surface area contributed by atoms with Gasteiger partial charge in [0.05, 0.1) is 30.0 Å². The molecule has 140 valence electrons. The Morgan fingerprint density at radius 2 is 1.96 bits per heavy atom. The maximum atomic E-state index is 6.37. The van der Waals surface area contributed by atoms with Crippen LogP contribution in [0.5, 0.6) is 0 Å². The Kier molecular flexibility index (Phi) is 4.10. The molecule has 2 aliphatic heterocycles. The van der Waals surface area contributed by atoms with Crippen molar-refractivity contribution < 1.29 is 4.74 Å². The van der Waals surface area contributed by atoms with Gasteiger partial charge in [-0.15, -0.1) is 0 Å². The van der Waals surface area contributed by atoms with Gasteiger partial charge in [-0.2, -0.15) is 5.10 Å². The highest BCUT2D eigenvalue weighted by Crippen LogP contribution is 2.41. The number of aromatic nitrogens is 4. The third-order valence-electron chi connectivity index (χ3n) is 5.96. The second kappa shape index (κ2) is 6.62. The SMILES string of the molecule is Cn1cncc1CN1CCC2(CC1)OCCc1cn(-c3ccccc3)nc12. The lowest BCUT2D eigenvalue weighted by molar-refractivity contribution is -0.102. The first-order valence-corrected chi connectivity index (χ1v) is 9.69. The van der Waals surface area contributed by atoms with Crippen molar-refractivity contribution in [3.8, 4) is 5.69 Å². The number of para-hydroxylation sites is 1. The van der Waals surface area contributed by atoms with E-state index < -0.39 is 0 Å². The number of nitrogens with zero attached hydrogens (tertiary/aromatic N) is 5. The van der Waals surface area contributed by atoms with Gasteiger partial charge >= 0.3 is 0 Å². The maximum absolute atomic E-state index is 6.37. The highest BCUT2D eigenvalue weighted by atomic mass is 16.5. The summed E-state index contributed by atoms with van der Waals surface area (Å²) in [4.78, 5) is 6.72. The van der Waals surface area contributed by atoms with Crippen LogP contribution < -0.4 is 0 Å². The van der Waals surface area contributed by atoms with E-state index in [0.29, 0.717) is 0 Å². The largest absolute Gasteiger partial charge is 0.368 e. The van der Waals surface area contributed by atoms with Gasteiger partial charge in [0.2, 0.25) is 0 Å². The van der Waals surface area contributed by atoms with Crippen LogP contribution in [0.4, 0.5) is 0 Å². The molecule has 6 heteroatoms. The summed E-state index contributed by atoms with van der Waals surface area (Å²) in [6.45, 7) is 3.76. The quantitative estimate of drug-likeness (QED) is 0.718. The molecule has 0 aliphatic carbocycles. The standard InChI is InChI=1S/C21H25N5O/c1-24-16-22-13-19(24)15-25-10-8-21(9-11-25)20-17(7-12-27-21)14-26(23-20)18-5-3-2-4-6-18/h2-6,13-14,16H,7-12,15H2,1H3. The van der Waals surface area contributed by atoms with E-state index in [0.717, 1.165) is 56.9 Å². The fourth-order valence-electron chi connectivity index (χ4n) is 4.33. The molecule has 2 aliphatic rings. The minimum atomic E-state index is -0.226. The summed E-state index contributed by atoms with van der Waals surface area (Å²) in [6, 6.07) is 10.3. The lowest BCUT2D eigenvalue weighted by Crippen LogP contribution is -2.46. The number of likely N-dealkylation sites (tertiary alicyclic amines) is 1. The van der Waals surface area contributed by atoms with Crippen LogP contribution in [0, 0.1) is 0 Å². The second-order valence-corrected chi connectivity index (χ2v) is 7.65. The monoisotopic (exact) mass is 363 g/mol. The molecule has 2 aromatic heterocycles. The molecule has 6 nitrogen and oxygen atoms in total. The zero-order valence-corrected chi connectivity index (χ0v) is 15.7. The Morgan fingerprint density at radius 1 is 1.15 bits per heavy atom. The number of rotatable bonds is 3. The molecule has 0 bridgehead atoms. The van der Waals surface area contributed by atoms with Gasteiger partial charge in [0.15, 0.2) is 0 Å². The molecule has 27 heavy (non-hydrogen) atoms. The van der Waals surface area contributed by atoms with E-state index in [1.165, 1.54) is 11.3 Å². The molecule has 4 heterocycles. The lowest BCUT2D eigenvalue weighted by Gasteiger charge is -2.43. The van der Waals surface area contributed by atoms with Gasteiger partial charge in [-0.1, -0.05) is 18.2 Å². The summed E-state index contributed by atoms with van der Waals surface area (Å²) in [5.74, 6) is 0. The Hall–Kier alpha value is -2.44. The van der Waals surface area contributed by atoms with Crippen molar-refractivity contribution in [2.45, 2.75) is 31.4 Å². The molecule has 1 fully saturated rings. The average molecular weight is 363 g/mol. The number of imidazole rings is 1. The molecule has 0 atom stereocenters. The van der Waals surface area contributed by atoms with Crippen molar-refractivity contribution in [1.82, 2.24) is 24.2 Å². The van der Waals surface area contributed by atoms with Crippen molar-refractivity contribution in [1.29, 1.82) is 0 Å². The summed E-state index contributed by atoms with van der Waals surface area (Å²) in [7, 11) is 2.06. The summed E-state index contributed by atoms with van der Waals surface area (Å²) >= 11 is 0. The fourth-order valence-corrected chi connectivity index (χ4v) is 4.33. The van der Waals surface area contributed by atoms with Crippen LogP contribution in [0.2, 0.25) is 0 Å². The molecule has 1 aromatic carbocycles. The minimum Gasteiger partial charge on any atom is -0.368 e. The fraction of sp³-hybridized carbons (Fsp3) is 0.429. The third-order valence-corrected chi connectivity index (χ3v) is 5.96. The van der Waals surface area contributed by atoms with Crippen molar-refractivity contribution >= 4 is 0 Å². The van der Waals surface area contributed by atoms with E-state index in [2.05, 4.69) is 52.0 Å². The van der Waals surface area contributed by atoms with Crippen LogP contribution in [0.15, 0.2) is 49.1 Å². The Bertz CT molecular complexity index is 921. The van der Waals surface area contributed by atoms with E-state index in [9.17, 15) is 0 Å². The smallest absolute Gasteiger partial charge is 0.115 e. The lowest BCUT2D eigenvalue weighted by atomic mass is 9.84. The molecule has 0 saturated carbocycles. The number of fused-ring (bicyclic) bond motifs is 2. The average Bonchev–Trinajstić information content (AvgIpc) is 3.32. The number of ether oxygens (including phenoxy) is 1. The van der Waals surface area contributed by atoms with E-state index >= 15 is 0 Å². The molecular formula is C21H25N5O. The number of aryl methyl sites for hydroxylation is 1. The first-order chi connectivity index (χ1) is 13.2. The van der Waals surface area contributed by atoms with Crippen molar-refractivity contribution in [3.05, 3.63) is 66.0 Å². The van der Waals surface area contributed by atoms with Crippen molar-refractivity contribution in [2.24, 2.45) is 7.05 Å². The van der Waals surface area contributed by atoms with Gasteiger partial charge in [0, 0.05) is 39.1 Å². The minimum absolute atomic E-state index is 0.226. The van der Waals surface area contributed by atoms with Gasteiger partial charge in [0.25, 0.3) is 0 Å². The van der Waals surface area contributed by atoms with Crippen LogP contribution in [0.25, 0.3) is 5.69 Å². The summed E-state index contributed by atoms with van der Waals surface area (Å²) in [6.07, 6.45) is 8.95. The Balaban J connectivity index is 1.36. The molecule has 5 rings (SSSR count). The zero-order chi connectivity index (χ0) is 18.3. The van der Waals surface area contributed by atoms with Crippen LogP contribution in [-0.4, -0.2) is 43.9 Å². The third kappa shape index (κ3) is 2.99. The molecule has 0 amide bonds. The van der Waals surface area contributed by atoms with Crippen LogP contribution in [0.3, 0.4) is 0 Å². The van der Waals surface area contributed by atoms with Gasteiger partial charge in [-0.25, -0.2) is 9.67 Å². The van der Waals surface area contributed by atoms with Gasteiger partial charge in [-0.05, 0) is 37.0 Å². The topological polar surface area (TPSA) is 48.1 Å². The highest BCUT2D eigenvalue weighted by Gasteiger charge is 2.43. The Morgan fingerprint density at radius 3 is 2.70 bits per heavy atom. The summed E-state index contributed by atoms with van der Waals surface area (Å²) in [5, 5.41) is 4.97. The highest BCUT2D eigenvalue weighted by molar-refractivity contribution is 5.35. The van der Waals surface area contributed by atoms with E-state index in [4.69, 9.17) is 9.84 Å². The molecule has 0 radical (unpaired) electrons. The van der Waals surface area contributed by atoms with E-state index in [-0.39, 0.29) is 5.60 Å². The van der Waals surface area contributed by atoms with Crippen molar-refractivity contribution in [3.63, 3.8) is 0 Å². The van der Waals surface area contributed by atoms with Crippen LogP contribution in [0.1, 0.15) is 29.8 Å². The van der Waals surface area contributed by atoms with Crippen LogP contribution >= 0.6 is 0 Å². The normalized spacial score (nSPS) is 19.3. The molecule has 0 unspecified atom stereocenters. The Labute approximate surface area is 159 Å². The summed E-state index contributed by atoms with van der Waals surface area (Å²) < 4.78 is 10.5. The second-order valence-electron chi connectivity index (χ2n) is 7.65. The molecular weight excluding hydrogens is 338 g/mol. The summed E-state index contributed by atoms with van der Waals surface area (Å²) in [5.41, 5.74) is 4.62. The van der Waals surface area contributed by atoms with Gasteiger partial charge < -0.3 is 9.30 Å².